The van der Waals surface area contributed by atoms with E-state index in [4.69, 9.17) is 21.6 Å². The maximum atomic E-state index is 16.8. The molecule has 218 valence electrons. The minimum absolute atomic E-state index is 0.0708. The molecule has 0 radical (unpaired) electrons. The van der Waals surface area contributed by atoms with Crippen LogP contribution < -0.4 is 9.80 Å². The number of benzene rings is 2. The van der Waals surface area contributed by atoms with Gasteiger partial charge in [0.15, 0.2) is 5.82 Å². The van der Waals surface area contributed by atoms with Gasteiger partial charge in [-0.1, -0.05) is 30.3 Å². The fraction of sp³-hybridized carbons (Fsp3) is 0.419. The summed E-state index contributed by atoms with van der Waals surface area (Å²) in [6.07, 6.45) is 5.57. The van der Waals surface area contributed by atoms with Crippen LogP contribution in [0.1, 0.15) is 25.3 Å². The second-order valence-corrected chi connectivity index (χ2v) is 12.3. The number of carbonyl (C=O) groups is 1. The quantitative estimate of drug-likeness (QED) is 0.325. The molecule has 1 unspecified atom stereocenters. The number of hydrogen-bond acceptors (Lipinski definition) is 7. The Balaban J connectivity index is 1.35. The average Bonchev–Trinajstić information content (AvgIpc) is 3.70. The van der Waals surface area contributed by atoms with Crippen molar-refractivity contribution in [1.29, 1.82) is 0 Å². The van der Waals surface area contributed by atoms with Crippen molar-refractivity contribution >= 4 is 51.1 Å². The van der Waals surface area contributed by atoms with Gasteiger partial charge in [0, 0.05) is 72.7 Å². The van der Waals surface area contributed by atoms with E-state index in [1.807, 2.05) is 26.0 Å². The van der Waals surface area contributed by atoms with E-state index < -0.39 is 5.82 Å². The van der Waals surface area contributed by atoms with E-state index in [2.05, 4.69) is 38.5 Å². The van der Waals surface area contributed by atoms with E-state index >= 15 is 4.39 Å². The Morgan fingerprint density at radius 2 is 1.93 bits per heavy atom. The molecule has 2 saturated heterocycles. The zero-order valence-electron chi connectivity index (χ0n) is 24.1. The Kier molecular flexibility index (Phi) is 6.58. The SMILES string of the molecule is C=CC(=O)N1CCN(c2nc(N3CC(N(C)C4CC4)C3)nc3c(F)c(-c4c(C)ccc5cn[nH]c45)c(Cl)cc23)CC1C. The van der Waals surface area contributed by atoms with E-state index in [9.17, 15) is 4.79 Å². The van der Waals surface area contributed by atoms with E-state index in [0.717, 1.165) is 29.6 Å². The van der Waals surface area contributed by atoms with Gasteiger partial charge >= 0.3 is 0 Å². The van der Waals surface area contributed by atoms with Gasteiger partial charge < -0.3 is 14.7 Å². The number of halogens is 2. The van der Waals surface area contributed by atoms with Crippen LogP contribution in [-0.4, -0.2) is 93.8 Å². The lowest BCUT2D eigenvalue weighted by molar-refractivity contribution is -0.128. The van der Waals surface area contributed by atoms with Crippen molar-refractivity contribution < 1.29 is 9.18 Å². The lowest BCUT2D eigenvalue weighted by Gasteiger charge is -2.45. The van der Waals surface area contributed by atoms with Crippen molar-refractivity contribution in [3.05, 3.63) is 53.5 Å². The van der Waals surface area contributed by atoms with Crippen LogP contribution in [0.5, 0.6) is 0 Å². The molecule has 2 aromatic carbocycles. The summed E-state index contributed by atoms with van der Waals surface area (Å²) in [5.41, 5.74) is 2.83. The summed E-state index contributed by atoms with van der Waals surface area (Å²) in [6, 6.07) is 6.72. The molecule has 1 amide bonds. The summed E-state index contributed by atoms with van der Waals surface area (Å²) in [5.74, 6) is 0.575. The maximum absolute atomic E-state index is 16.8. The van der Waals surface area contributed by atoms with Crippen LogP contribution in [0.4, 0.5) is 16.2 Å². The highest BCUT2D eigenvalue weighted by Crippen LogP contribution is 2.42. The summed E-state index contributed by atoms with van der Waals surface area (Å²) in [5, 5.41) is 8.93. The van der Waals surface area contributed by atoms with Gasteiger partial charge in [0.2, 0.25) is 11.9 Å². The van der Waals surface area contributed by atoms with Crippen molar-refractivity contribution in [2.24, 2.45) is 0 Å². The van der Waals surface area contributed by atoms with Crippen molar-refractivity contribution in [3.8, 4) is 11.1 Å². The van der Waals surface area contributed by atoms with Crippen molar-refractivity contribution in [1.82, 2.24) is 30.0 Å². The van der Waals surface area contributed by atoms with Crippen LogP contribution in [0.15, 0.2) is 37.1 Å². The monoisotopic (exact) mass is 588 g/mol. The van der Waals surface area contributed by atoms with Crippen LogP contribution in [0.3, 0.4) is 0 Å². The first-order valence-corrected chi connectivity index (χ1v) is 14.9. The number of carbonyl (C=O) groups excluding carboxylic acids is 1. The van der Waals surface area contributed by atoms with E-state index in [1.165, 1.54) is 18.9 Å². The number of aromatic nitrogens is 4. The smallest absolute Gasteiger partial charge is 0.246 e. The van der Waals surface area contributed by atoms with Gasteiger partial charge in [-0.05, 0) is 51.4 Å². The van der Waals surface area contributed by atoms with Crippen LogP contribution in [-0.2, 0) is 4.79 Å². The molecule has 0 bridgehead atoms. The van der Waals surface area contributed by atoms with Gasteiger partial charge in [-0.2, -0.15) is 10.1 Å². The molecular formula is C31H34ClFN8O. The van der Waals surface area contributed by atoms with Gasteiger partial charge in [0.1, 0.15) is 11.3 Å². The average molecular weight is 589 g/mol. The summed E-state index contributed by atoms with van der Waals surface area (Å²) in [7, 11) is 2.18. The molecular weight excluding hydrogens is 555 g/mol. The number of amides is 1. The molecule has 2 aliphatic heterocycles. The highest BCUT2D eigenvalue weighted by molar-refractivity contribution is 6.35. The minimum Gasteiger partial charge on any atom is -0.352 e. The van der Waals surface area contributed by atoms with E-state index in [1.54, 1.807) is 17.2 Å². The van der Waals surface area contributed by atoms with Gasteiger partial charge in [-0.3, -0.25) is 14.8 Å². The van der Waals surface area contributed by atoms with Gasteiger partial charge in [-0.15, -0.1) is 0 Å². The first-order valence-electron chi connectivity index (χ1n) is 14.5. The molecule has 4 aromatic rings. The third kappa shape index (κ3) is 4.39. The topological polar surface area (TPSA) is 84.5 Å². The molecule has 3 fully saturated rings. The molecule has 11 heteroatoms. The molecule has 42 heavy (non-hydrogen) atoms. The number of rotatable bonds is 6. The maximum Gasteiger partial charge on any atom is 0.246 e. The van der Waals surface area contributed by atoms with Gasteiger partial charge in [-0.25, -0.2) is 9.37 Å². The molecule has 1 N–H and O–H groups in total. The molecule has 1 atom stereocenters. The summed E-state index contributed by atoms with van der Waals surface area (Å²) in [6.45, 7) is 10.8. The number of nitrogens with zero attached hydrogens (tertiary/aromatic N) is 7. The molecule has 0 spiro atoms. The number of nitrogens with one attached hydrogen (secondary N) is 1. The third-order valence-corrected chi connectivity index (χ3v) is 9.45. The van der Waals surface area contributed by atoms with Crippen LogP contribution in [0.25, 0.3) is 32.9 Å². The zero-order chi connectivity index (χ0) is 29.3. The number of likely N-dealkylation sites (N-methyl/N-ethyl adjacent to an activating group) is 1. The van der Waals surface area contributed by atoms with Gasteiger partial charge in [0.25, 0.3) is 0 Å². The van der Waals surface area contributed by atoms with Crippen LogP contribution in [0, 0.1) is 12.7 Å². The normalized spacial score (nSPS) is 19.7. The zero-order valence-corrected chi connectivity index (χ0v) is 24.8. The van der Waals surface area contributed by atoms with Crippen molar-refractivity contribution in [2.45, 2.75) is 44.8 Å². The van der Waals surface area contributed by atoms with Crippen molar-refractivity contribution in [2.75, 3.05) is 49.6 Å². The first kappa shape index (κ1) is 27.1. The Labute approximate surface area is 248 Å². The number of fused-ring (bicyclic) bond motifs is 2. The minimum atomic E-state index is -0.478. The number of hydrogen-bond donors (Lipinski definition) is 1. The number of piperazine rings is 1. The molecule has 4 heterocycles. The molecule has 1 saturated carbocycles. The lowest BCUT2D eigenvalue weighted by atomic mass is 9.96. The highest BCUT2D eigenvalue weighted by atomic mass is 35.5. The molecule has 9 nitrogen and oxygen atoms in total. The predicted octanol–water partition coefficient (Wildman–Crippen LogP) is 4.78. The second kappa shape index (κ2) is 10.2. The Morgan fingerprint density at radius 3 is 2.64 bits per heavy atom. The summed E-state index contributed by atoms with van der Waals surface area (Å²) >= 11 is 6.91. The molecule has 7 rings (SSSR count). The third-order valence-electron chi connectivity index (χ3n) is 9.16. The summed E-state index contributed by atoms with van der Waals surface area (Å²) in [4.78, 5) is 30.8. The lowest BCUT2D eigenvalue weighted by Crippen LogP contribution is -2.59. The number of aryl methyl sites for hydroxylation is 1. The number of anilines is 2. The first-order chi connectivity index (χ1) is 20.2. The van der Waals surface area contributed by atoms with Crippen LogP contribution >= 0.6 is 11.6 Å². The molecule has 2 aromatic heterocycles. The van der Waals surface area contributed by atoms with Gasteiger partial charge in [0.05, 0.1) is 16.7 Å². The molecule has 1 aliphatic carbocycles. The predicted molar refractivity (Wildman–Crippen MR) is 165 cm³/mol. The van der Waals surface area contributed by atoms with Crippen molar-refractivity contribution in [3.63, 3.8) is 0 Å². The van der Waals surface area contributed by atoms with Crippen LogP contribution in [0.2, 0.25) is 5.02 Å². The number of H-pyrrole nitrogens is 1. The highest BCUT2D eigenvalue weighted by Gasteiger charge is 2.39. The second-order valence-electron chi connectivity index (χ2n) is 11.9. The summed E-state index contributed by atoms with van der Waals surface area (Å²) < 4.78 is 16.8. The fourth-order valence-electron chi connectivity index (χ4n) is 6.47. The Bertz CT molecular complexity index is 1730. The number of aromatic amines is 1. The molecule has 3 aliphatic rings. The van der Waals surface area contributed by atoms with E-state index in [-0.39, 0.29) is 22.5 Å². The van der Waals surface area contributed by atoms with E-state index in [0.29, 0.717) is 60.0 Å². The standard InChI is InChI=1S/C31H34ClFN8O/c1-5-24(42)41-11-10-39(14-18(41)3)30-22-12-23(32)26(25-17(2)6-7-19-13-34-37-28(19)25)27(33)29(22)35-31(36-30)40-15-21(16-40)38(4)20-8-9-20/h5-7,12-13,18,20-21H,1,8-11,14-16H2,2-4H3,(H,34,37). The Hall–Kier alpha value is -3.76. The Morgan fingerprint density at radius 1 is 1.14 bits per heavy atom. The fourth-order valence-corrected chi connectivity index (χ4v) is 6.76. The largest absolute Gasteiger partial charge is 0.352 e.